The van der Waals surface area contributed by atoms with Crippen LogP contribution in [-0.4, -0.2) is 47.4 Å². The summed E-state index contributed by atoms with van der Waals surface area (Å²) in [5.41, 5.74) is 8.06. The SMILES string of the molecule is CCCn1nc(C)c(N)c1N(C)C1CCN(CC)CC1. The Kier molecular flexibility index (Phi) is 4.91. The molecule has 1 saturated heterocycles. The molecular weight excluding hydrogens is 250 g/mol. The zero-order valence-electron chi connectivity index (χ0n) is 13.4. The highest BCUT2D eigenvalue weighted by atomic mass is 15.4. The van der Waals surface area contributed by atoms with Gasteiger partial charge in [0.2, 0.25) is 0 Å². The molecule has 0 aromatic carbocycles. The largest absolute Gasteiger partial charge is 0.394 e. The molecule has 5 nitrogen and oxygen atoms in total. The van der Waals surface area contributed by atoms with Crippen molar-refractivity contribution >= 4 is 11.5 Å². The Labute approximate surface area is 122 Å². The Balaban J connectivity index is 2.14. The van der Waals surface area contributed by atoms with Crippen molar-refractivity contribution in [1.82, 2.24) is 14.7 Å². The first-order chi connectivity index (χ1) is 9.58. The molecule has 0 spiro atoms. The van der Waals surface area contributed by atoms with E-state index in [0.29, 0.717) is 6.04 Å². The molecule has 0 bridgehead atoms. The summed E-state index contributed by atoms with van der Waals surface area (Å²) in [5, 5.41) is 4.59. The second-order valence-corrected chi connectivity index (χ2v) is 5.82. The topological polar surface area (TPSA) is 50.3 Å². The van der Waals surface area contributed by atoms with Gasteiger partial charge in [0.1, 0.15) is 0 Å². The molecular formula is C15H29N5. The molecule has 114 valence electrons. The van der Waals surface area contributed by atoms with Crippen LogP contribution in [0.25, 0.3) is 0 Å². The molecule has 2 N–H and O–H groups in total. The van der Waals surface area contributed by atoms with Crippen LogP contribution in [0.1, 0.15) is 38.8 Å². The van der Waals surface area contributed by atoms with Gasteiger partial charge in [-0.3, -0.25) is 0 Å². The van der Waals surface area contributed by atoms with E-state index >= 15 is 0 Å². The number of nitrogens with two attached hydrogens (primary N) is 1. The fourth-order valence-electron chi connectivity index (χ4n) is 3.12. The number of nitrogens with zero attached hydrogens (tertiary/aromatic N) is 4. The van der Waals surface area contributed by atoms with Crippen molar-refractivity contribution in [2.24, 2.45) is 0 Å². The predicted octanol–water partition coefficient (Wildman–Crippen LogP) is 2.10. The van der Waals surface area contributed by atoms with Gasteiger partial charge in [0, 0.05) is 32.7 Å². The molecule has 1 aromatic heterocycles. The lowest BCUT2D eigenvalue weighted by atomic mass is 10.0. The minimum absolute atomic E-state index is 0.576. The third-order valence-corrected chi connectivity index (χ3v) is 4.47. The van der Waals surface area contributed by atoms with Crippen LogP contribution in [0.2, 0.25) is 0 Å². The summed E-state index contributed by atoms with van der Waals surface area (Å²) in [6, 6.07) is 0.576. The summed E-state index contributed by atoms with van der Waals surface area (Å²) in [5.74, 6) is 1.11. The Morgan fingerprint density at radius 2 is 1.95 bits per heavy atom. The van der Waals surface area contributed by atoms with Crippen molar-refractivity contribution in [2.45, 2.75) is 52.6 Å². The van der Waals surface area contributed by atoms with Crippen LogP contribution in [0.4, 0.5) is 11.5 Å². The molecule has 0 unspecified atom stereocenters. The zero-order chi connectivity index (χ0) is 14.7. The minimum Gasteiger partial charge on any atom is -0.394 e. The number of nitrogen functional groups attached to an aromatic ring is 1. The average molecular weight is 279 g/mol. The zero-order valence-corrected chi connectivity index (χ0v) is 13.4. The molecule has 2 heterocycles. The lowest BCUT2D eigenvalue weighted by molar-refractivity contribution is 0.220. The number of rotatable bonds is 5. The second kappa shape index (κ2) is 6.48. The van der Waals surface area contributed by atoms with Crippen LogP contribution in [0.3, 0.4) is 0 Å². The van der Waals surface area contributed by atoms with E-state index in [1.807, 2.05) is 6.92 Å². The summed E-state index contributed by atoms with van der Waals surface area (Å²) in [6.07, 6.45) is 3.50. The first-order valence-corrected chi connectivity index (χ1v) is 7.86. The maximum atomic E-state index is 6.26. The van der Waals surface area contributed by atoms with Gasteiger partial charge in [-0.15, -0.1) is 0 Å². The number of anilines is 2. The van der Waals surface area contributed by atoms with Crippen LogP contribution in [0.15, 0.2) is 0 Å². The van der Waals surface area contributed by atoms with Crippen molar-refractivity contribution in [3.8, 4) is 0 Å². The quantitative estimate of drug-likeness (QED) is 0.897. The second-order valence-electron chi connectivity index (χ2n) is 5.82. The number of piperidine rings is 1. The summed E-state index contributed by atoms with van der Waals surface area (Å²) in [6.45, 7) is 10.9. The van der Waals surface area contributed by atoms with Gasteiger partial charge in [0.25, 0.3) is 0 Å². The normalized spacial score (nSPS) is 17.6. The van der Waals surface area contributed by atoms with Gasteiger partial charge >= 0.3 is 0 Å². The number of likely N-dealkylation sites (tertiary alicyclic amines) is 1. The maximum absolute atomic E-state index is 6.26. The van der Waals surface area contributed by atoms with Crippen molar-refractivity contribution in [2.75, 3.05) is 37.3 Å². The highest BCUT2D eigenvalue weighted by Gasteiger charge is 2.26. The van der Waals surface area contributed by atoms with E-state index in [4.69, 9.17) is 5.73 Å². The van der Waals surface area contributed by atoms with Crippen LogP contribution < -0.4 is 10.6 Å². The van der Waals surface area contributed by atoms with Crippen molar-refractivity contribution < 1.29 is 0 Å². The minimum atomic E-state index is 0.576. The number of hydrogen-bond acceptors (Lipinski definition) is 4. The summed E-state index contributed by atoms with van der Waals surface area (Å²) < 4.78 is 2.08. The number of aryl methyl sites for hydroxylation is 2. The molecule has 0 aliphatic carbocycles. The number of aromatic nitrogens is 2. The lowest BCUT2D eigenvalue weighted by Crippen LogP contribution is -2.44. The third kappa shape index (κ3) is 2.92. The molecule has 20 heavy (non-hydrogen) atoms. The van der Waals surface area contributed by atoms with Gasteiger partial charge < -0.3 is 15.5 Å². The van der Waals surface area contributed by atoms with E-state index in [1.165, 1.54) is 25.9 Å². The molecule has 5 heteroatoms. The fourth-order valence-corrected chi connectivity index (χ4v) is 3.12. The first-order valence-electron chi connectivity index (χ1n) is 7.86. The average Bonchev–Trinajstić information content (AvgIpc) is 2.74. The molecule has 1 aliphatic heterocycles. The van der Waals surface area contributed by atoms with Crippen LogP contribution >= 0.6 is 0 Å². The van der Waals surface area contributed by atoms with E-state index < -0.39 is 0 Å². The van der Waals surface area contributed by atoms with Crippen molar-refractivity contribution in [1.29, 1.82) is 0 Å². The molecule has 0 saturated carbocycles. The van der Waals surface area contributed by atoms with Crippen LogP contribution in [0.5, 0.6) is 0 Å². The van der Waals surface area contributed by atoms with E-state index in [-0.39, 0.29) is 0 Å². The molecule has 1 aliphatic rings. The van der Waals surface area contributed by atoms with Gasteiger partial charge in [-0.2, -0.15) is 5.10 Å². The van der Waals surface area contributed by atoms with E-state index in [9.17, 15) is 0 Å². The van der Waals surface area contributed by atoms with Gasteiger partial charge in [-0.1, -0.05) is 13.8 Å². The van der Waals surface area contributed by atoms with E-state index in [0.717, 1.165) is 36.7 Å². The van der Waals surface area contributed by atoms with E-state index in [2.05, 4.69) is 40.5 Å². The van der Waals surface area contributed by atoms with Crippen LogP contribution in [0, 0.1) is 6.92 Å². The number of hydrogen-bond donors (Lipinski definition) is 1. The Morgan fingerprint density at radius 3 is 2.50 bits per heavy atom. The van der Waals surface area contributed by atoms with Gasteiger partial charge in [0.15, 0.2) is 5.82 Å². The van der Waals surface area contributed by atoms with Gasteiger partial charge in [0.05, 0.1) is 11.4 Å². The molecule has 0 amide bonds. The maximum Gasteiger partial charge on any atom is 0.150 e. The third-order valence-electron chi connectivity index (χ3n) is 4.47. The highest BCUT2D eigenvalue weighted by Crippen LogP contribution is 2.29. The Hall–Kier alpha value is -1.23. The smallest absolute Gasteiger partial charge is 0.150 e. The molecule has 2 rings (SSSR count). The van der Waals surface area contributed by atoms with Crippen LogP contribution in [-0.2, 0) is 6.54 Å². The molecule has 1 aromatic rings. The summed E-state index contributed by atoms with van der Waals surface area (Å²) in [4.78, 5) is 4.88. The first kappa shape index (κ1) is 15.2. The van der Waals surface area contributed by atoms with Crippen molar-refractivity contribution in [3.63, 3.8) is 0 Å². The van der Waals surface area contributed by atoms with E-state index in [1.54, 1.807) is 0 Å². The Morgan fingerprint density at radius 1 is 1.30 bits per heavy atom. The molecule has 1 fully saturated rings. The lowest BCUT2D eigenvalue weighted by Gasteiger charge is -2.37. The predicted molar refractivity (Wildman–Crippen MR) is 85.2 cm³/mol. The molecule has 0 radical (unpaired) electrons. The monoisotopic (exact) mass is 279 g/mol. The standard InChI is InChI=1S/C15H29N5/c1-5-9-20-15(14(16)12(3)17-20)18(4)13-7-10-19(6-2)11-8-13/h13H,5-11,16H2,1-4H3. The van der Waals surface area contributed by atoms with Gasteiger partial charge in [-0.25, -0.2) is 4.68 Å². The summed E-state index contributed by atoms with van der Waals surface area (Å²) >= 11 is 0. The highest BCUT2D eigenvalue weighted by molar-refractivity contribution is 5.66. The van der Waals surface area contributed by atoms with Gasteiger partial charge in [-0.05, 0) is 32.7 Å². The fraction of sp³-hybridized carbons (Fsp3) is 0.800. The molecule has 0 atom stereocenters. The van der Waals surface area contributed by atoms with Crippen molar-refractivity contribution in [3.05, 3.63) is 5.69 Å². The Bertz CT molecular complexity index is 432. The summed E-state index contributed by atoms with van der Waals surface area (Å²) in [7, 11) is 2.17.